The van der Waals surface area contributed by atoms with Gasteiger partial charge in [0.2, 0.25) is 5.91 Å². The number of carboxylic acid groups (broad SMARTS) is 1. The lowest BCUT2D eigenvalue weighted by atomic mass is 9.85. The number of hydrogen-bond acceptors (Lipinski definition) is 4. The first kappa shape index (κ1) is 22.4. The van der Waals surface area contributed by atoms with Crippen molar-refractivity contribution in [2.45, 2.75) is 56.5 Å². The van der Waals surface area contributed by atoms with Crippen molar-refractivity contribution in [2.75, 3.05) is 13.2 Å². The summed E-state index contributed by atoms with van der Waals surface area (Å²) >= 11 is 0. The number of nitrogens with zero attached hydrogens (tertiary/aromatic N) is 1. The molecule has 7 nitrogen and oxygen atoms in total. The summed E-state index contributed by atoms with van der Waals surface area (Å²) in [5.74, 6) is -1.16. The zero-order chi connectivity index (χ0) is 23.7. The summed E-state index contributed by atoms with van der Waals surface area (Å²) in [6.07, 6.45) is 4.02. The van der Waals surface area contributed by atoms with E-state index < -0.39 is 12.1 Å². The van der Waals surface area contributed by atoms with E-state index in [0.29, 0.717) is 25.7 Å². The molecule has 2 fully saturated rings. The molecular weight excluding hydrogens is 432 g/mol. The Kier molecular flexibility index (Phi) is 6.26. The van der Waals surface area contributed by atoms with E-state index in [9.17, 15) is 14.4 Å². The highest BCUT2D eigenvalue weighted by Crippen LogP contribution is 2.44. The Labute approximate surface area is 199 Å². The van der Waals surface area contributed by atoms with Crippen molar-refractivity contribution < 1.29 is 24.2 Å². The minimum absolute atomic E-state index is 0.0224. The minimum Gasteiger partial charge on any atom is -0.480 e. The van der Waals surface area contributed by atoms with Crippen LogP contribution in [-0.4, -0.2) is 53.2 Å². The molecule has 7 heteroatoms. The second-order valence-electron chi connectivity index (χ2n) is 9.61. The number of hydrogen-bond donors (Lipinski definition) is 2. The molecule has 0 aromatic heterocycles. The van der Waals surface area contributed by atoms with Crippen molar-refractivity contribution in [3.8, 4) is 11.1 Å². The van der Waals surface area contributed by atoms with Gasteiger partial charge in [-0.15, -0.1) is 0 Å². The number of alkyl carbamates (subject to hydrolysis) is 1. The van der Waals surface area contributed by atoms with Crippen LogP contribution < -0.4 is 5.32 Å². The second-order valence-corrected chi connectivity index (χ2v) is 9.61. The molecule has 3 aliphatic rings. The average molecular weight is 463 g/mol. The third-order valence-corrected chi connectivity index (χ3v) is 7.32. The molecule has 0 spiro atoms. The monoisotopic (exact) mass is 462 g/mol. The standard InChI is InChI=1S/C27H30N2O5/c30-25(31)15-29(19-13-14-19)26(32)17-9-11-18(12-10-17)28-27(33)34-16-24-22-7-3-1-5-20(22)21-6-2-4-8-23(21)24/h1-8,17-19,24H,9-16H2,(H,28,33)(H,30,31). The molecule has 0 heterocycles. The van der Waals surface area contributed by atoms with Gasteiger partial charge in [-0.25, -0.2) is 4.79 Å². The van der Waals surface area contributed by atoms with E-state index in [4.69, 9.17) is 9.84 Å². The number of carbonyl (C=O) groups excluding carboxylic acids is 2. The van der Waals surface area contributed by atoms with Crippen LogP contribution in [0.15, 0.2) is 48.5 Å². The van der Waals surface area contributed by atoms with E-state index in [1.54, 1.807) is 0 Å². The molecule has 2 N–H and O–H groups in total. The number of carboxylic acids is 1. The van der Waals surface area contributed by atoms with Gasteiger partial charge < -0.3 is 20.1 Å². The van der Waals surface area contributed by atoms with Gasteiger partial charge in [0.05, 0.1) is 0 Å². The van der Waals surface area contributed by atoms with Crippen LogP contribution >= 0.6 is 0 Å². The summed E-state index contributed by atoms with van der Waals surface area (Å²) in [4.78, 5) is 38.1. The van der Waals surface area contributed by atoms with Crippen molar-refractivity contribution in [3.63, 3.8) is 0 Å². The van der Waals surface area contributed by atoms with Gasteiger partial charge in [-0.2, -0.15) is 0 Å². The number of aliphatic carboxylic acids is 1. The number of ether oxygens (including phenoxy) is 1. The van der Waals surface area contributed by atoms with Gasteiger partial charge in [-0.05, 0) is 60.8 Å². The lowest BCUT2D eigenvalue weighted by Crippen LogP contribution is -2.44. The van der Waals surface area contributed by atoms with Crippen LogP contribution in [0.2, 0.25) is 0 Å². The van der Waals surface area contributed by atoms with E-state index in [1.807, 2.05) is 24.3 Å². The van der Waals surface area contributed by atoms with Crippen LogP contribution in [0, 0.1) is 5.92 Å². The SMILES string of the molecule is O=C(O)CN(C(=O)C1CCC(NC(=O)OCC2c3ccccc3-c3ccccc32)CC1)C1CC1. The van der Waals surface area contributed by atoms with Crippen molar-refractivity contribution in [3.05, 3.63) is 59.7 Å². The predicted octanol–water partition coefficient (Wildman–Crippen LogP) is 4.16. The lowest BCUT2D eigenvalue weighted by Gasteiger charge is -2.32. The average Bonchev–Trinajstić information content (AvgIpc) is 3.64. The summed E-state index contributed by atoms with van der Waals surface area (Å²) in [6, 6.07) is 16.5. The quantitative estimate of drug-likeness (QED) is 0.644. The molecule has 34 heavy (non-hydrogen) atoms. The molecule has 0 atom stereocenters. The molecule has 178 valence electrons. The van der Waals surface area contributed by atoms with Gasteiger partial charge in [0.25, 0.3) is 0 Å². The van der Waals surface area contributed by atoms with E-state index in [0.717, 1.165) is 12.8 Å². The van der Waals surface area contributed by atoms with E-state index in [2.05, 4.69) is 29.6 Å². The fourth-order valence-electron chi connectivity index (χ4n) is 5.44. The Morgan fingerprint density at radius 3 is 2.03 bits per heavy atom. The van der Waals surface area contributed by atoms with Crippen molar-refractivity contribution in [2.24, 2.45) is 5.92 Å². The van der Waals surface area contributed by atoms with Gasteiger partial charge in [0.1, 0.15) is 13.2 Å². The molecule has 0 saturated heterocycles. The molecule has 2 aromatic carbocycles. The second kappa shape index (κ2) is 9.49. The van der Waals surface area contributed by atoms with Gasteiger partial charge >= 0.3 is 12.1 Å². The van der Waals surface area contributed by atoms with E-state index in [-0.39, 0.29) is 43.0 Å². The predicted molar refractivity (Wildman–Crippen MR) is 126 cm³/mol. The summed E-state index contributed by atoms with van der Waals surface area (Å²) in [7, 11) is 0. The highest BCUT2D eigenvalue weighted by atomic mass is 16.5. The van der Waals surface area contributed by atoms with Crippen molar-refractivity contribution in [1.82, 2.24) is 10.2 Å². The smallest absolute Gasteiger partial charge is 0.407 e. The van der Waals surface area contributed by atoms with Crippen LogP contribution in [-0.2, 0) is 14.3 Å². The largest absolute Gasteiger partial charge is 0.480 e. The summed E-state index contributed by atoms with van der Waals surface area (Å²) < 4.78 is 5.65. The zero-order valence-corrected chi connectivity index (χ0v) is 19.1. The Bertz CT molecular complexity index is 1040. The van der Waals surface area contributed by atoms with Crippen molar-refractivity contribution >= 4 is 18.0 Å². The molecule has 0 aliphatic heterocycles. The molecule has 0 bridgehead atoms. The third-order valence-electron chi connectivity index (χ3n) is 7.32. The first-order valence-corrected chi connectivity index (χ1v) is 12.1. The fraction of sp³-hybridized carbons (Fsp3) is 0.444. The number of fused-ring (bicyclic) bond motifs is 3. The number of benzene rings is 2. The Hall–Kier alpha value is -3.35. The van der Waals surface area contributed by atoms with Gasteiger partial charge in [0.15, 0.2) is 0 Å². The molecule has 0 radical (unpaired) electrons. The minimum atomic E-state index is -0.967. The summed E-state index contributed by atoms with van der Waals surface area (Å²) in [5.41, 5.74) is 4.74. The lowest BCUT2D eigenvalue weighted by molar-refractivity contribution is -0.147. The molecule has 5 rings (SSSR count). The number of rotatable bonds is 7. The van der Waals surface area contributed by atoms with Gasteiger partial charge in [-0.1, -0.05) is 48.5 Å². The Balaban J connectivity index is 1.12. The maximum atomic E-state index is 12.8. The molecular formula is C27H30N2O5. The van der Waals surface area contributed by atoms with E-state index in [1.165, 1.54) is 27.2 Å². The molecule has 2 aromatic rings. The van der Waals surface area contributed by atoms with Gasteiger partial charge in [-0.3, -0.25) is 9.59 Å². The maximum Gasteiger partial charge on any atom is 0.407 e. The van der Waals surface area contributed by atoms with Crippen LogP contribution in [0.4, 0.5) is 4.79 Å². The summed E-state index contributed by atoms with van der Waals surface area (Å²) in [5, 5.41) is 12.1. The Morgan fingerprint density at radius 1 is 0.882 bits per heavy atom. The van der Waals surface area contributed by atoms with Crippen LogP contribution in [0.3, 0.4) is 0 Å². The topological polar surface area (TPSA) is 95.9 Å². The third kappa shape index (κ3) is 4.65. The number of nitrogens with one attached hydrogen (secondary N) is 1. The Morgan fingerprint density at radius 2 is 1.47 bits per heavy atom. The molecule has 2 saturated carbocycles. The van der Waals surface area contributed by atoms with E-state index >= 15 is 0 Å². The number of amides is 2. The zero-order valence-electron chi connectivity index (χ0n) is 19.1. The van der Waals surface area contributed by atoms with Gasteiger partial charge in [0, 0.05) is 23.9 Å². The molecule has 2 amide bonds. The normalized spacial score (nSPS) is 21.3. The van der Waals surface area contributed by atoms with Crippen LogP contribution in [0.5, 0.6) is 0 Å². The highest BCUT2D eigenvalue weighted by Gasteiger charge is 2.38. The highest BCUT2D eigenvalue weighted by molar-refractivity contribution is 5.84. The molecule has 3 aliphatic carbocycles. The summed E-state index contributed by atoms with van der Waals surface area (Å²) in [6.45, 7) is 0.0562. The molecule has 0 unspecified atom stereocenters. The van der Waals surface area contributed by atoms with Crippen LogP contribution in [0.1, 0.15) is 55.6 Å². The maximum absolute atomic E-state index is 12.8. The fourth-order valence-corrected chi connectivity index (χ4v) is 5.44. The number of carbonyl (C=O) groups is 3. The van der Waals surface area contributed by atoms with Crippen LogP contribution in [0.25, 0.3) is 11.1 Å². The van der Waals surface area contributed by atoms with Crippen molar-refractivity contribution in [1.29, 1.82) is 0 Å². The first-order valence-electron chi connectivity index (χ1n) is 12.1. The first-order chi connectivity index (χ1) is 16.5.